The van der Waals surface area contributed by atoms with Crippen molar-refractivity contribution in [3.63, 3.8) is 0 Å². The van der Waals surface area contributed by atoms with E-state index in [2.05, 4.69) is 58.8 Å². The molecule has 4 heteroatoms. The minimum Gasteiger partial charge on any atom is -0.488 e. The maximum absolute atomic E-state index is 5.76. The Bertz CT molecular complexity index is 550. The molecule has 0 atom stereocenters. The molecular weight excluding hydrogens is 304 g/mol. The van der Waals surface area contributed by atoms with E-state index in [1.807, 2.05) is 6.07 Å². The molecule has 2 aromatic rings. The van der Waals surface area contributed by atoms with E-state index in [9.17, 15) is 0 Å². The van der Waals surface area contributed by atoms with Crippen LogP contribution in [0.1, 0.15) is 31.9 Å². The summed E-state index contributed by atoms with van der Waals surface area (Å²) in [6, 6.07) is 6.20. The molecule has 0 aliphatic heterocycles. The smallest absolute Gasteiger partial charge is 0.134 e. The van der Waals surface area contributed by atoms with Crippen LogP contribution in [0.25, 0.3) is 0 Å². The molecule has 3 nitrogen and oxygen atoms in total. The second kappa shape index (κ2) is 5.70. The average Bonchev–Trinajstić information content (AvgIpc) is 2.37. The first-order valence-electron chi connectivity index (χ1n) is 6.13. The normalized spacial score (nSPS) is 11.4. The van der Waals surface area contributed by atoms with Crippen molar-refractivity contribution in [2.75, 3.05) is 0 Å². The van der Waals surface area contributed by atoms with Crippen LogP contribution >= 0.6 is 15.9 Å². The highest BCUT2D eigenvalue weighted by Gasteiger charge is 2.15. The van der Waals surface area contributed by atoms with Crippen LogP contribution in [0.4, 0.5) is 0 Å². The van der Waals surface area contributed by atoms with Gasteiger partial charge in [0.25, 0.3) is 0 Å². The summed E-state index contributed by atoms with van der Waals surface area (Å²) in [5, 5.41) is 0. The molecule has 0 saturated carbocycles. The van der Waals surface area contributed by atoms with E-state index in [1.54, 1.807) is 12.4 Å². The zero-order valence-electron chi connectivity index (χ0n) is 11.4. The fourth-order valence-corrected chi connectivity index (χ4v) is 2.14. The summed E-state index contributed by atoms with van der Waals surface area (Å²) in [6.45, 7) is 7.04. The summed E-state index contributed by atoms with van der Waals surface area (Å²) in [7, 11) is 0. The Morgan fingerprint density at radius 1 is 1.16 bits per heavy atom. The van der Waals surface area contributed by atoms with Gasteiger partial charge in [0.1, 0.15) is 18.7 Å². The lowest BCUT2D eigenvalue weighted by atomic mass is 9.87. The molecule has 1 heterocycles. The third-order valence-corrected chi connectivity index (χ3v) is 3.43. The molecule has 0 amide bonds. The van der Waals surface area contributed by atoms with Gasteiger partial charge in [0.2, 0.25) is 0 Å². The Hall–Kier alpha value is -1.42. The lowest BCUT2D eigenvalue weighted by molar-refractivity contribution is 0.303. The maximum Gasteiger partial charge on any atom is 0.134 e. The molecule has 0 bridgehead atoms. The number of hydrogen-bond donors (Lipinski definition) is 0. The van der Waals surface area contributed by atoms with Crippen LogP contribution in [0, 0.1) is 0 Å². The van der Waals surface area contributed by atoms with Crippen LogP contribution in [0.5, 0.6) is 5.75 Å². The Kier molecular flexibility index (Phi) is 4.20. The quantitative estimate of drug-likeness (QED) is 0.853. The van der Waals surface area contributed by atoms with Gasteiger partial charge >= 0.3 is 0 Å². The fraction of sp³-hybridized carbons (Fsp3) is 0.333. The predicted octanol–water partition coefficient (Wildman–Crippen LogP) is 4.12. The summed E-state index contributed by atoms with van der Waals surface area (Å²) < 4.78 is 6.73. The van der Waals surface area contributed by atoms with Crippen molar-refractivity contribution in [1.82, 2.24) is 9.97 Å². The molecule has 0 aliphatic carbocycles. The number of benzene rings is 1. The minimum atomic E-state index is 0.133. The highest BCUT2D eigenvalue weighted by molar-refractivity contribution is 9.10. The Morgan fingerprint density at radius 3 is 2.42 bits per heavy atom. The molecule has 1 aromatic carbocycles. The highest BCUT2D eigenvalue weighted by Crippen LogP contribution is 2.31. The predicted molar refractivity (Wildman–Crippen MR) is 79.2 cm³/mol. The Labute approximate surface area is 122 Å². The van der Waals surface area contributed by atoms with E-state index in [-0.39, 0.29) is 5.41 Å². The first-order valence-corrected chi connectivity index (χ1v) is 6.93. The van der Waals surface area contributed by atoms with Gasteiger partial charge < -0.3 is 4.74 Å². The third-order valence-electron chi connectivity index (χ3n) is 2.81. The van der Waals surface area contributed by atoms with E-state index in [1.165, 1.54) is 11.9 Å². The number of hydrogen-bond acceptors (Lipinski definition) is 3. The first-order chi connectivity index (χ1) is 8.97. The Morgan fingerprint density at radius 2 is 1.84 bits per heavy atom. The van der Waals surface area contributed by atoms with Gasteiger partial charge in [-0.25, -0.2) is 9.97 Å². The molecule has 19 heavy (non-hydrogen) atoms. The molecule has 2 rings (SSSR count). The zero-order chi connectivity index (χ0) is 13.9. The van der Waals surface area contributed by atoms with Crippen molar-refractivity contribution < 1.29 is 4.74 Å². The number of rotatable bonds is 3. The summed E-state index contributed by atoms with van der Waals surface area (Å²) in [4.78, 5) is 7.93. The molecule has 0 aliphatic rings. The monoisotopic (exact) mass is 320 g/mol. The van der Waals surface area contributed by atoms with Crippen LogP contribution in [-0.4, -0.2) is 9.97 Å². The summed E-state index contributed by atoms with van der Waals surface area (Å²) >= 11 is 3.56. The van der Waals surface area contributed by atoms with Gasteiger partial charge in [-0.3, -0.25) is 0 Å². The molecule has 0 radical (unpaired) electrons. The standard InChI is InChI=1S/C15H17BrN2O/c1-15(2,3)12-4-5-14(13(16)6-12)19-9-11-7-17-10-18-8-11/h4-8,10H,9H2,1-3H3. The number of aromatic nitrogens is 2. The van der Waals surface area contributed by atoms with Crippen molar-refractivity contribution >= 4 is 15.9 Å². The van der Waals surface area contributed by atoms with Crippen LogP contribution in [0.15, 0.2) is 41.4 Å². The molecule has 0 spiro atoms. The van der Waals surface area contributed by atoms with Gasteiger partial charge in [-0.15, -0.1) is 0 Å². The number of nitrogens with zero attached hydrogens (tertiary/aromatic N) is 2. The third kappa shape index (κ3) is 3.77. The van der Waals surface area contributed by atoms with E-state index in [0.29, 0.717) is 6.61 Å². The van der Waals surface area contributed by atoms with Crippen molar-refractivity contribution in [1.29, 1.82) is 0 Å². The average molecular weight is 321 g/mol. The van der Waals surface area contributed by atoms with Gasteiger partial charge in [-0.05, 0) is 39.0 Å². The van der Waals surface area contributed by atoms with Crippen LogP contribution in [0.3, 0.4) is 0 Å². The first kappa shape index (κ1) is 14.0. The van der Waals surface area contributed by atoms with Gasteiger partial charge in [0.15, 0.2) is 0 Å². The van der Waals surface area contributed by atoms with Gasteiger partial charge in [-0.1, -0.05) is 26.8 Å². The van der Waals surface area contributed by atoms with Crippen molar-refractivity contribution in [3.05, 3.63) is 52.5 Å². The van der Waals surface area contributed by atoms with Crippen LogP contribution in [0.2, 0.25) is 0 Å². The van der Waals surface area contributed by atoms with Crippen LogP contribution in [-0.2, 0) is 12.0 Å². The van der Waals surface area contributed by atoms with Crippen molar-refractivity contribution in [3.8, 4) is 5.75 Å². The Balaban J connectivity index is 2.10. The summed E-state index contributed by atoms with van der Waals surface area (Å²) in [6.07, 6.45) is 5.02. The van der Waals surface area contributed by atoms with Gasteiger partial charge in [0, 0.05) is 18.0 Å². The second-order valence-corrected chi connectivity index (χ2v) is 6.28. The number of halogens is 1. The zero-order valence-corrected chi connectivity index (χ0v) is 12.9. The largest absolute Gasteiger partial charge is 0.488 e. The van der Waals surface area contributed by atoms with Gasteiger partial charge in [0.05, 0.1) is 4.47 Å². The molecule has 0 fully saturated rings. The molecule has 0 N–H and O–H groups in total. The van der Waals surface area contributed by atoms with Crippen LogP contribution < -0.4 is 4.74 Å². The fourth-order valence-electron chi connectivity index (χ4n) is 1.65. The van der Waals surface area contributed by atoms with E-state index >= 15 is 0 Å². The summed E-state index contributed by atoms with van der Waals surface area (Å²) in [5.74, 6) is 0.830. The van der Waals surface area contributed by atoms with E-state index < -0.39 is 0 Å². The molecule has 1 aromatic heterocycles. The molecule has 100 valence electrons. The number of ether oxygens (including phenoxy) is 1. The minimum absolute atomic E-state index is 0.133. The van der Waals surface area contributed by atoms with Gasteiger partial charge in [-0.2, -0.15) is 0 Å². The van der Waals surface area contributed by atoms with E-state index in [0.717, 1.165) is 15.8 Å². The van der Waals surface area contributed by atoms with Crippen molar-refractivity contribution in [2.45, 2.75) is 32.8 Å². The summed E-state index contributed by atoms with van der Waals surface area (Å²) in [5.41, 5.74) is 2.36. The maximum atomic E-state index is 5.76. The lowest BCUT2D eigenvalue weighted by Crippen LogP contribution is -2.11. The topological polar surface area (TPSA) is 35.0 Å². The van der Waals surface area contributed by atoms with Crippen molar-refractivity contribution in [2.24, 2.45) is 0 Å². The van der Waals surface area contributed by atoms with E-state index in [4.69, 9.17) is 4.74 Å². The molecular formula is C15H17BrN2O. The second-order valence-electron chi connectivity index (χ2n) is 5.43. The highest BCUT2D eigenvalue weighted by atomic mass is 79.9. The molecule has 0 unspecified atom stereocenters. The lowest BCUT2D eigenvalue weighted by Gasteiger charge is -2.20. The molecule has 0 saturated heterocycles. The SMILES string of the molecule is CC(C)(C)c1ccc(OCc2cncnc2)c(Br)c1.